The van der Waals surface area contributed by atoms with Crippen molar-refractivity contribution in [3.63, 3.8) is 0 Å². The number of hydrogen-bond acceptors (Lipinski definition) is 5. The molecule has 0 fully saturated rings. The monoisotopic (exact) mass is 365 g/mol. The zero-order valence-electron chi connectivity index (χ0n) is 13.6. The first kappa shape index (κ1) is 17.5. The van der Waals surface area contributed by atoms with Gasteiger partial charge in [-0.05, 0) is 61.6 Å². The molecule has 0 aliphatic heterocycles. The largest absolute Gasteiger partial charge is 0.462 e. The molecule has 0 saturated carbocycles. The Bertz CT molecular complexity index is 784. The SMILES string of the molecule is CCOC(=O)c1c(/N=C/c2ccc(OC(F)F)cc2)sc2c1CCC2. The number of carbonyl (C=O) groups excluding carboxylic acids is 1. The Balaban J connectivity index is 1.82. The van der Waals surface area contributed by atoms with E-state index in [9.17, 15) is 13.6 Å². The summed E-state index contributed by atoms with van der Waals surface area (Å²) in [6.45, 7) is -0.755. The normalized spacial score (nSPS) is 13.4. The van der Waals surface area contributed by atoms with Crippen LogP contribution in [0.15, 0.2) is 29.3 Å². The van der Waals surface area contributed by atoms with Crippen molar-refractivity contribution in [2.75, 3.05) is 6.61 Å². The van der Waals surface area contributed by atoms with Crippen LogP contribution in [0.4, 0.5) is 13.8 Å². The lowest BCUT2D eigenvalue weighted by Gasteiger charge is -2.04. The smallest absolute Gasteiger partial charge is 0.387 e. The number of benzene rings is 1. The van der Waals surface area contributed by atoms with Crippen LogP contribution in [0.5, 0.6) is 5.75 Å². The summed E-state index contributed by atoms with van der Waals surface area (Å²) < 4.78 is 33.8. The Labute approximate surface area is 148 Å². The maximum atomic E-state index is 12.3. The average molecular weight is 365 g/mol. The van der Waals surface area contributed by atoms with E-state index >= 15 is 0 Å². The van der Waals surface area contributed by atoms with Gasteiger partial charge < -0.3 is 9.47 Å². The standard InChI is InChI=1S/C18H17F2NO3S/c1-2-23-17(22)15-13-4-3-5-14(13)25-16(15)21-10-11-6-8-12(9-7-11)24-18(19)20/h6-10,18H,2-5H2,1H3/b21-10+. The van der Waals surface area contributed by atoms with E-state index in [0.717, 1.165) is 30.4 Å². The van der Waals surface area contributed by atoms with Gasteiger partial charge in [0.2, 0.25) is 0 Å². The molecule has 1 aliphatic rings. The molecule has 25 heavy (non-hydrogen) atoms. The van der Waals surface area contributed by atoms with E-state index in [4.69, 9.17) is 4.74 Å². The number of aliphatic imine (C=N–C) groups is 1. The average Bonchev–Trinajstić information content (AvgIpc) is 3.14. The summed E-state index contributed by atoms with van der Waals surface area (Å²) in [6, 6.07) is 6.17. The van der Waals surface area contributed by atoms with E-state index in [1.807, 2.05) is 0 Å². The predicted molar refractivity (Wildman–Crippen MR) is 92.6 cm³/mol. The lowest BCUT2D eigenvalue weighted by Crippen LogP contribution is -2.06. The second kappa shape index (κ2) is 7.74. The molecule has 0 N–H and O–H groups in total. The summed E-state index contributed by atoms with van der Waals surface area (Å²) in [7, 11) is 0. The first-order valence-electron chi connectivity index (χ1n) is 7.99. The zero-order chi connectivity index (χ0) is 17.8. The van der Waals surface area contributed by atoms with Crippen molar-refractivity contribution >= 4 is 28.5 Å². The van der Waals surface area contributed by atoms with E-state index < -0.39 is 6.61 Å². The fourth-order valence-corrected chi connectivity index (χ4v) is 3.98. The number of ether oxygens (including phenoxy) is 2. The summed E-state index contributed by atoms with van der Waals surface area (Å²) in [5.41, 5.74) is 2.34. The molecule has 2 aromatic rings. The third-order valence-electron chi connectivity index (χ3n) is 3.82. The highest BCUT2D eigenvalue weighted by molar-refractivity contribution is 7.16. The minimum Gasteiger partial charge on any atom is -0.462 e. The molecule has 1 aromatic carbocycles. The van der Waals surface area contributed by atoms with Gasteiger partial charge in [-0.25, -0.2) is 9.79 Å². The second-order valence-electron chi connectivity index (χ2n) is 5.46. The van der Waals surface area contributed by atoms with Crippen molar-refractivity contribution in [2.24, 2.45) is 4.99 Å². The van der Waals surface area contributed by atoms with Crippen LogP contribution in [0.25, 0.3) is 0 Å². The predicted octanol–water partition coefficient (Wildman–Crippen LogP) is 4.77. The number of aryl methyl sites for hydroxylation is 1. The summed E-state index contributed by atoms with van der Waals surface area (Å²) >= 11 is 1.51. The molecule has 0 bridgehead atoms. The molecule has 1 aromatic heterocycles. The van der Waals surface area contributed by atoms with E-state index in [-0.39, 0.29) is 11.7 Å². The van der Waals surface area contributed by atoms with Crippen LogP contribution >= 0.6 is 11.3 Å². The van der Waals surface area contributed by atoms with Crippen LogP contribution < -0.4 is 4.74 Å². The molecular weight excluding hydrogens is 348 g/mol. The molecule has 0 spiro atoms. The van der Waals surface area contributed by atoms with Gasteiger partial charge >= 0.3 is 12.6 Å². The van der Waals surface area contributed by atoms with Crippen molar-refractivity contribution in [1.82, 2.24) is 0 Å². The van der Waals surface area contributed by atoms with Gasteiger partial charge in [0.05, 0.1) is 12.2 Å². The maximum absolute atomic E-state index is 12.3. The van der Waals surface area contributed by atoms with Crippen LogP contribution in [0.2, 0.25) is 0 Å². The summed E-state index contributed by atoms with van der Waals surface area (Å²) in [4.78, 5) is 17.9. The number of halogens is 2. The van der Waals surface area contributed by atoms with Gasteiger partial charge in [-0.2, -0.15) is 8.78 Å². The topological polar surface area (TPSA) is 47.9 Å². The number of rotatable bonds is 6. The van der Waals surface area contributed by atoms with Gasteiger partial charge in [0.15, 0.2) is 0 Å². The third kappa shape index (κ3) is 4.04. The van der Waals surface area contributed by atoms with Gasteiger partial charge in [-0.1, -0.05) is 0 Å². The van der Waals surface area contributed by atoms with Crippen LogP contribution in [-0.2, 0) is 17.6 Å². The van der Waals surface area contributed by atoms with E-state index in [1.165, 1.54) is 28.3 Å². The highest BCUT2D eigenvalue weighted by Crippen LogP contribution is 2.41. The molecule has 1 aliphatic carbocycles. The van der Waals surface area contributed by atoms with Crippen LogP contribution in [-0.4, -0.2) is 25.4 Å². The van der Waals surface area contributed by atoms with E-state index in [2.05, 4.69) is 9.73 Å². The molecular formula is C18H17F2NO3S. The Morgan fingerprint density at radius 3 is 2.76 bits per heavy atom. The number of alkyl halides is 2. The fourth-order valence-electron chi connectivity index (χ4n) is 2.76. The quantitative estimate of drug-likeness (QED) is 0.547. The number of carbonyl (C=O) groups is 1. The van der Waals surface area contributed by atoms with Crippen LogP contribution in [0, 0.1) is 0 Å². The zero-order valence-corrected chi connectivity index (χ0v) is 14.4. The Hall–Kier alpha value is -2.28. The van der Waals surface area contributed by atoms with Crippen molar-refractivity contribution in [1.29, 1.82) is 0 Å². The Morgan fingerprint density at radius 2 is 2.08 bits per heavy atom. The van der Waals surface area contributed by atoms with Gasteiger partial charge in [0.1, 0.15) is 10.8 Å². The lowest BCUT2D eigenvalue weighted by atomic mass is 10.1. The summed E-state index contributed by atoms with van der Waals surface area (Å²) in [5.74, 6) is -0.246. The summed E-state index contributed by atoms with van der Waals surface area (Å²) in [5, 5.41) is 0.635. The highest BCUT2D eigenvalue weighted by atomic mass is 32.1. The molecule has 0 saturated heterocycles. The lowest BCUT2D eigenvalue weighted by molar-refractivity contribution is -0.0498. The Kier molecular flexibility index (Phi) is 5.43. The molecule has 3 rings (SSSR count). The number of nitrogens with zero attached hydrogens (tertiary/aromatic N) is 1. The molecule has 0 atom stereocenters. The van der Waals surface area contributed by atoms with Crippen molar-refractivity contribution in [2.45, 2.75) is 32.8 Å². The molecule has 1 heterocycles. The van der Waals surface area contributed by atoms with Crippen LogP contribution in [0.1, 0.15) is 39.7 Å². The molecule has 7 heteroatoms. The fraction of sp³-hybridized carbons (Fsp3) is 0.333. The van der Waals surface area contributed by atoms with Crippen molar-refractivity contribution in [3.8, 4) is 5.75 Å². The van der Waals surface area contributed by atoms with Gasteiger partial charge in [0, 0.05) is 11.1 Å². The molecule has 4 nitrogen and oxygen atoms in total. The number of esters is 1. The maximum Gasteiger partial charge on any atom is 0.387 e. The summed E-state index contributed by atoms with van der Waals surface area (Å²) in [6.07, 6.45) is 4.48. The molecule has 0 unspecified atom stereocenters. The van der Waals surface area contributed by atoms with Gasteiger partial charge in [-0.3, -0.25) is 0 Å². The number of thiophene rings is 1. The highest BCUT2D eigenvalue weighted by Gasteiger charge is 2.27. The molecule has 132 valence electrons. The van der Waals surface area contributed by atoms with Gasteiger partial charge in [-0.15, -0.1) is 11.3 Å². The third-order valence-corrected chi connectivity index (χ3v) is 5.02. The van der Waals surface area contributed by atoms with E-state index in [1.54, 1.807) is 25.3 Å². The van der Waals surface area contributed by atoms with E-state index in [0.29, 0.717) is 17.2 Å². The first-order chi connectivity index (χ1) is 12.1. The number of hydrogen-bond donors (Lipinski definition) is 0. The molecule has 0 amide bonds. The minimum atomic E-state index is -2.85. The van der Waals surface area contributed by atoms with Crippen LogP contribution in [0.3, 0.4) is 0 Å². The minimum absolute atomic E-state index is 0.0921. The van der Waals surface area contributed by atoms with Gasteiger partial charge in [0.25, 0.3) is 0 Å². The molecule has 0 radical (unpaired) electrons. The van der Waals surface area contributed by atoms with Crippen molar-refractivity contribution in [3.05, 3.63) is 45.8 Å². The first-order valence-corrected chi connectivity index (χ1v) is 8.80. The van der Waals surface area contributed by atoms with Crippen molar-refractivity contribution < 1.29 is 23.0 Å². The number of fused-ring (bicyclic) bond motifs is 1. The Morgan fingerprint density at radius 1 is 1.32 bits per heavy atom. The second-order valence-corrected chi connectivity index (χ2v) is 6.55.